The summed E-state index contributed by atoms with van der Waals surface area (Å²) in [6, 6.07) is 6.22. The summed E-state index contributed by atoms with van der Waals surface area (Å²) in [5.41, 5.74) is -0.937. The van der Waals surface area contributed by atoms with Gasteiger partial charge in [0.05, 0.1) is 6.54 Å². The van der Waals surface area contributed by atoms with Gasteiger partial charge in [-0.25, -0.2) is 4.79 Å². The quantitative estimate of drug-likeness (QED) is 0.777. The Morgan fingerprint density at radius 3 is 2.43 bits per heavy atom. The normalized spacial score (nSPS) is 22.4. The Bertz CT molecular complexity index is 590. The largest absolute Gasteiger partial charge is 0.491 e. The fourth-order valence-electron chi connectivity index (χ4n) is 2.26. The van der Waals surface area contributed by atoms with Crippen molar-refractivity contribution in [1.82, 2.24) is 10.2 Å². The van der Waals surface area contributed by atoms with Crippen LogP contribution in [0.15, 0.2) is 24.3 Å². The third-order valence-corrected chi connectivity index (χ3v) is 4.36. The summed E-state index contributed by atoms with van der Waals surface area (Å²) in [6.45, 7) is 5.27. The topological polar surface area (TPSA) is 78.9 Å². The first-order valence-electron chi connectivity index (χ1n) is 7.44. The highest BCUT2D eigenvalue weighted by atomic mass is 35.5. The van der Waals surface area contributed by atoms with E-state index in [2.05, 4.69) is 5.32 Å². The van der Waals surface area contributed by atoms with E-state index < -0.39 is 17.7 Å². The van der Waals surface area contributed by atoms with Gasteiger partial charge in [0, 0.05) is 5.02 Å². The number of hydrogen-bond donors (Lipinski definition) is 2. The number of amides is 3. The van der Waals surface area contributed by atoms with E-state index in [1.165, 1.54) is 0 Å². The molecule has 0 saturated carbocycles. The average Bonchev–Trinajstić information content (AvgIpc) is 2.71. The molecule has 1 aromatic rings. The highest BCUT2D eigenvalue weighted by Gasteiger charge is 2.49. The summed E-state index contributed by atoms with van der Waals surface area (Å²) < 4.78 is 5.42. The molecule has 3 amide bonds. The predicted molar refractivity (Wildman–Crippen MR) is 86.4 cm³/mol. The van der Waals surface area contributed by atoms with Crippen LogP contribution in [0.3, 0.4) is 0 Å². The van der Waals surface area contributed by atoms with Crippen LogP contribution in [0, 0.1) is 5.92 Å². The van der Waals surface area contributed by atoms with Gasteiger partial charge in [-0.05, 0) is 37.1 Å². The van der Waals surface area contributed by atoms with Crippen molar-refractivity contribution in [3.8, 4) is 5.75 Å². The highest BCUT2D eigenvalue weighted by Crippen LogP contribution is 2.25. The van der Waals surface area contributed by atoms with Gasteiger partial charge in [-0.3, -0.25) is 9.69 Å². The van der Waals surface area contributed by atoms with E-state index in [1.54, 1.807) is 31.2 Å². The number of ether oxygens (including phenoxy) is 1. The third-order valence-electron chi connectivity index (χ3n) is 4.11. The minimum absolute atomic E-state index is 0.0307. The SMILES string of the molecule is CC(C)C1(C)NC(=O)N(CC(O)COc2ccc(Cl)cc2)C1=O. The highest BCUT2D eigenvalue weighted by molar-refractivity contribution is 6.30. The molecule has 0 spiro atoms. The molecule has 0 radical (unpaired) electrons. The molecule has 1 aromatic carbocycles. The zero-order valence-corrected chi connectivity index (χ0v) is 14.1. The van der Waals surface area contributed by atoms with Gasteiger partial charge >= 0.3 is 6.03 Å². The van der Waals surface area contributed by atoms with E-state index in [1.807, 2.05) is 13.8 Å². The summed E-state index contributed by atoms with van der Waals surface area (Å²) in [5, 5.41) is 13.3. The number of imide groups is 1. The molecule has 1 fully saturated rings. The number of aliphatic hydroxyl groups is 1. The van der Waals surface area contributed by atoms with Gasteiger partial charge < -0.3 is 15.2 Å². The van der Waals surface area contributed by atoms with E-state index in [0.717, 1.165) is 4.90 Å². The number of halogens is 1. The van der Waals surface area contributed by atoms with E-state index in [0.29, 0.717) is 10.8 Å². The maximum atomic E-state index is 12.4. The zero-order chi connectivity index (χ0) is 17.2. The molecule has 6 nitrogen and oxygen atoms in total. The van der Waals surface area contributed by atoms with Gasteiger partial charge in [-0.1, -0.05) is 25.4 Å². The number of carbonyl (C=O) groups is 2. The average molecular weight is 341 g/mol. The second-order valence-electron chi connectivity index (χ2n) is 6.12. The number of rotatable bonds is 6. The molecular formula is C16H21ClN2O4. The summed E-state index contributed by atoms with van der Waals surface area (Å²) in [4.78, 5) is 25.4. The molecule has 1 aliphatic heterocycles. The molecule has 126 valence electrons. The van der Waals surface area contributed by atoms with E-state index in [4.69, 9.17) is 16.3 Å². The molecular weight excluding hydrogens is 320 g/mol. The molecule has 2 rings (SSSR count). The van der Waals surface area contributed by atoms with Crippen LogP contribution in [0.4, 0.5) is 4.79 Å². The fourth-order valence-corrected chi connectivity index (χ4v) is 2.39. The van der Waals surface area contributed by atoms with Gasteiger partial charge in [0.2, 0.25) is 0 Å². The molecule has 1 aliphatic rings. The summed E-state index contributed by atoms with van der Waals surface area (Å²) in [7, 11) is 0. The lowest BCUT2D eigenvalue weighted by Gasteiger charge is -2.26. The van der Waals surface area contributed by atoms with Crippen LogP contribution < -0.4 is 10.1 Å². The fraction of sp³-hybridized carbons (Fsp3) is 0.500. The Morgan fingerprint density at radius 1 is 1.30 bits per heavy atom. The summed E-state index contributed by atoms with van der Waals surface area (Å²) >= 11 is 5.78. The number of benzene rings is 1. The monoisotopic (exact) mass is 340 g/mol. The predicted octanol–water partition coefficient (Wildman–Crippen LogP) is 2.05. The van der Waals surface area contributed by atoms with Crippen LogP contribution in [-0.2, 0) is 4.79 Å². The Kier molecular flexibility index (Phi) is 5.16. The van der Waals surface area contributed by atoms with Crippen molar-refractivity contribution in [3.63, 3.8) is 0 Å². The lowest BCUT2D eigenvalue weighted by atomic mass is 9.88. The lowest BCUT2D eigenvalue weighted by molar-refractivity contribution is -0.133. The maximum absolute atomic E-state index is 12.4. The van der Waals surface area contributed by atoms with Crippen molar-refractivity contribution in [1.29, 1.82) is 0 Å². The standard InChI is InChI=1S/C16H21ClN2O4/c1-10(2)16(3)14(21)19(15(22)18-16)8-12(20)9-23-13-6-4-11(17)5-7-13/h4-7,10,12,20H,8-9H2,1-3H3,(H,18,22). The van der Waals surface area contributed by atoms with Crippen molar-refractivity contribution in [3.05, 3.63) is 29.3 Å². The Balaban J connectivity index is 1.92. The van der Waals surface area contributed by atoms with E-state index in [9.17, 15) is 14.7 Å². The first kappa shape index (κ1) is 17.6. The second-order valence-corrected chi connectivity index (χ2v) is 6.56. The van der Waals surface area contributed by atoms with Crippen LogP contribution >= 0.6 is 11.6 Å². The molecule has 2 N–H and O–H groups in total. The number of nitrogens with zero attached hydrogens (tertiary/aromatic N) is 1. The Labute approximate surface area is 140 Å². The van der Waals surface area contributed by atoms with Crippen molar-refractivity contribution in [2.24, 2.45) is 5.92 Å². The molecule has 1 saturated heterocycles. The smallest absolute Gasteiger partial charge is 0.325 e. The summed E-state index contributed by atoms with van der Waals surface area (Å²) in [6.07, 6.45) is -0.977. The zero-order valence-electron chi connectivity index (χ0n) is 13.4. The van der Waals surface area contributed by atoms with Crippen molar-refractivity contribution in [2.45, 2.75) is 32.4 Å². The van der Waals surface area contributed by atoms with Gasteiger partial charge in [-0.2, -0.15) is 0 Å². The lowest BCUT2D eigenvalue weighted by Crippen LogP contribution is -2.49. The molecule has 2 atom stereocenters. The van der Waals surface area contributed by atoms with Crippen LogP contribution in [0.1, 0.15) is 20.8 Å². The second kappa shape index (κ2) is 6.76. The molecule has 0 aromatic heterocycles. The number of β-amino-alcohol motifs (C(OH)–C–C–N with tert-alkyl or cyclic N) is 1. The number of urea groups is 1. The molecule has 23 heavy (non-hydrogen) atoms. The maximum Gasteiger partial charge on any atom is 0.325 e. The molecule has 7 heteroatoms. The first-order valence-corrected chi connectivity index (χ1v) is 7.82. The van der Waals surface area contributed by atoms with Gasteiger partial charge in [0.1, 0.15) is 24.0 Å². The minimum Gasteiger partial charge on any atom is -0.491 e. The number of nitrogens with one attached hydrogen (secondary N) is 1. The number of aliphatic hydroxyl groups excluding tert-OH is 1. The van der Waals surface area contributed by atoms with Crippen LogP contribution in [0.5, 0.6) is 5.75 Å². The van der Waals surface area contributed by atoms with Gasteiger partial charge in [0.15, 0.2) is 0 Å². The molecule has 0 bridgehead atoms. The van der Waals surface area contributed by atoms with Crippen LogP contribution in [0.25, 0.3) is 0 Å². The van der Waals surface area contributed by atoms with Gasteiger partial charge in [-0.15, -0.1) is 0 Å². The Hall–Kier alpha value is -1.79. The van der Waals surface area contributed by atoms with Crippen LogP contribution in [-0.4, -0.2) is 46.7 Å². The molecule has 1 heterocycles. The Morgan fingerprint density at radius 2 is 1.91 bits per heavy atom. The van der Waals surface area contributed by atoms with Crippen molar-refractivity contribution >= 4 is 23.5 Å². The number of carbonyl (C=O) groups excluding carboxylic acids is 2. The molecule has 2 unspecified atom stereocenters. The van der Waals surface area contributed by atoms with E-state index in [-0.39, 0.29) is 25.0 Å². The van der Waals surface area contributed by atoms with Crippen molar-refractivity contribution < 1.29 is 19.4 Å². The number of hydrogen-bond acceptors (Lipinski definition) is 4. The molecule has 0 aliphatic carbocycles. The van der Waals surface area contributed by atoms with E-state index >= 15 is 0 Å². The van der Waals surface area contributed by atoms with Crippen LogP contribution in [0.2, 0.25) is 5.02 Å². The van der Waals surface area contributed by atoms with Crippen molar-refractivity contribution in [2.75, 3.05) is 13.2 Å². The van der Waals surface area contributed by atoms with Gasteiger partial charge in [0.25, 0.3) is 5.91 Å². The third kappa shape index (κ3) is 3.76. The summed E-state index contributed by atoms with van der Waals surface area (Å²) in [5.74, 6) is 0.173. The first-order chi connectivity index (χ1) is 10.7. The minimum atomic E-state index is -0.977.